The lowest BCUT2D eigenvalue weighted by Gasteiger charge is -2.21. The molecule has 166 valence electrons. The van der Waals surface area contributed by atoms with Crippen molar-refractivity contribution >= 4 is 23.3 Å². The Balaban J connectivity index is 1.94. The van der Waals surface area contributed by atoms with Gasteiger partial charge < -0.3 is 10.6 Å². The Morgan fingerprint density at radius 1 is 1.03 bits per heavy atom. The summed E-state index contributed by atoms with van der Waals surface area (Å²) < 4.78 is 0. The van der Waals surface area contributed by atoms with Gasteiger partial charge in [-0.05, 0) is 73.3 Å². The molecule has 0 bridgehead atoms. The molecule has 1 aliphatic carbocycles. The first-order valence-corrected chi connectivity index (χ1v) is 11.2. The van der Waals surface area contributed by atoms with Gasteiger partial charge in [0.05, 0.1) is 6.04 Å². The van der Waals surface area contributed by atoms with E-state index in [2.05, 4.69) is 10.6 Å². The number of nitrogens with one attached hydrogen (secondary N) is 2. The summed E-state index contributed by atoms with van der Waals surface area (Å²) >= 11 is 0. The maximum Gasteiger partial charge on any atom is 0.223 e. The Labute approximate surface area is 179 Å². The van der Waals surface area contributed by atoms with E-state index in [1.807, 2.05) is 13.8 Å². The van der Waals surface area contributed by atoms with Crippen molar-refractivity contribution in [1.29, 1.82) is 0 Å². The number of ketones is 3. The van der Waals surface area contributed by atoms with Crippen LogP contribution in [0.1, 0.15) is 79.6 Å². The molecule has 0 radical (unpaired) electrons. The molecule has 2 aliphatic rings. The van der Waals surface area contributed by atoms with Crippen LogP contribution in [0.25, 0.3) is 0 Å². The normalized spacial score (nSPS) is 20.9. The third-order valence-corrected chi connectivity index (χ3v) is 6.24. The maximum absolute atomic E-state index is 12.6. The van der Waals surface area contributed by atoms with E-state index in [1.54, 1.807) is 20.8 Å². The van der Waals surface area contributed by atoms with Crippen LogP contribution in [0.5, 0.6) is 0 Å². The molecule has 0 aromatic rings. The minimum atomic E-state index is -0.357. The standard InChI is InChI=1S/C24H36N2O4/c1-14(2)26-24(30)18(13-21(27)20-11-8-12-25-20)9-6-7-10-19-17(5)22(28)15(3)16(4)23(19)29/h14,18,20,25H,6-13H2,1-5H3,(H,26,30)/t18-,20+/m1/s1. The molecule has 2 rings (SSSR count). The van der Waals surface area contributed by atoms with E-state index >= 15 is 0 Å². The summed E-state index contributed by atoms with van der Waals surface area (Å²) in [4.78, 5) is 50.1. The molecule has 2 atom stereocenters. The first kappa shape index (κ1) is 24.2. The number of Topliss-reactive ketones (excluding diaryl/α,β-unsaturated/α-hetero) is 3. The Morgan fingerprint density at radius 3 is 2.30 bits per heavy atom. The van der Waals surface area contributed by atoms with Crippen molar-refractivity contribution < 1.29 is 19.2 Å². The number of hydrogen-bond donors (Lipinski definition) is 2. The second-order valence-corrected chi connectivity index (χ2v) is 8.94. The summed E-state index contributed by atoms with van der Waals surface area (Å²) in [7, 11) is 0. The summed E-state index contributed by atoms with van der Waals surface area (Å²) in [6.07, 6.45) is 4.63. The molecule has 1 amide bonds. The molecule has 0 unspecified atom stereocenters. The van der Waals surface area contributed by atoms with Crippen molar-refractivity contribution in [3.63, 3.8) is 0 Å². The number of allylic oxidation sites excluding steroid dienone is 4. The molecular formula is C24H36N2O4. The van der Waals surface area contributed by atoms with E-state index in [4.69, 9.17) is 0 Å². The van der Waals surface area contributed by atoms with Crippen LogP contribution >= 0.6 is 0 Å². The molecule has 1 saturated heterocycles. The van der Waals surface area contributed by atoms with Crippen LogP contribution in [0.4, 0.5) is 0 Å². The molecule has 2 N–H and O–H groups in total. The highest BCUT2D eigenvalue weighted by molar-refractivity contribution is 6.24. The van der Waals surface area contributed by atoms with Gasteiger partial charge in [-0.25, -0.2) is 0 Å². The van der Waals surface area contributed by atoms with E-state index in [1.165, 1.54) is 0 Å². The lowest BCUT2D eigenvalue weighted by molar-refractivity contribution is -0.130. The summed E-state index contributed by atoms with van der Waals surface area (Å²) in [5.74, 6) is -0.415. The van der Waals surface area contributed by atoms with Crippen LogP contribution in [0.2, 0.25) is 0 Å². The van der Waals surface area contributed by atoms with Crippen LogP contribution in [0.3, 0.4) is 0 Å². The van der Waals surface area contributed by atoms with Crippen molar-refractivity contribution in [2.75, 3.05) is 6.54 Å². The monoisotopic (exact) mass is 416 g/mol. The first-order valence-electron chi connectivity index (χ1n) is 11.2. The van der Waals surface area contributed by atoms with Crippen LogP contribution in [0.15, 0.2) is 22.3 Å². The molecule has 30 heavy (non-hydrogen) atoms. The Hall–Kier alpha value is -2.08. The third-order valence-electron chi connectivity index (χ3n) is 6.24. The molecule has 1 heterocycles. The lowest BCUT2D eigenvalue weighted by Crippen LogP contribution is -2.39. The lowest BCUT2D eigenvalue weighted by atomic mass is 9.83. The SMILES string of the molecule is CC1=C(C)C(=O)C(CCCC[C@H](CC(=O)[C@@H]2CCCN2)C(=O)NC(C)C)=C(C)C1=O. The average molecular weight is 417 g/mol. The topological polar surface area (TPSA) is 92.3 Å². The van der Waals surface area contributed by atoms with Crippen LogP contribution in [-0.2, 0) is 19.2 Å². The van der Waals surface area contributed by atoms with E-state index in [9.17, 15) is 19.2 Å². The zero-order chi connectivity index (χ0) is 22.4. The van der Waals surface area contributed by atoms with Crippen LogP contribution < -0.4 is 10.6 Å². The summed E-state index contributed by atoms with van der Waals surface area (Å²) in [6.45, 7) is 9.80. The van der Waals surface area contributed by atoms with Crippen molar-refractivity contribution in [1.82, 2.24) is 10.6 Å². The third kappa shape index (κ3) is 5.97. The average Bonchev–Trinajstić information content (AvgIpc) is 3.23. The van der Waals surface area contributed by atoms with Crippen molar-refractivity contribution in [2.24, 2.45) is 5.92 Å². The zero-order valence-corrected chi connectivity index (χ0v) is 19.0. The molecule has 0 aromatic heterocycles. The molecule has 6 nitrogen and oxygen atoms in total. The maximum atomic E-state index is 12.6. The van der Waals surface area contributed by atoms with Gasteiger partial charge in [0.25, 0.3) is 0 Å². The van der Waals surface area contributed by atoms with Crippen LogP contribution in [-0.4, -0.2) is 41.9 Å². The van der Waals surface area contributed by atoms with Gasteiger partial charge >= 0.3 is 0 Å². The van der Waals surface area contributed by atoms with E-state index in [0.29, 0.717) is 41.6 Å². The molecule has 0 aromatic carbocycles. The number of carbonyl (C=O) groups is 4. The Bertz CT molecular complexity index is 770. The van der Waals surface area contributed by atoms with Gasteiger partial charge in [0.15, 0.2) is 17.3 Å². The van der Waals surface area contributed by atoms with E-state index in [-0.39, 0.29) is 47.7 Å². The largest absolute Gasteiger partial charge is 0.354 e. The molecular weight excluding hydrogens is 380 g/mol. The highest BCUT2D eigenvalue weighted by Gasteiger charge is 2.29. The smallest absolute Gasteiger partial charge is 0.223 e. The molecule has 0 spiro atoms. The zero-order valence-electron chi connectivity index (χ0n) is 19.0. The number of unbranched alkanes of at least 4 members (excludes halogenated alkanes) is 1. The van der Waals surface area contributed by atoms with Gasteiger partial charge in [-0.1, -0.05) is 6.42 Å². The number of rotatable bonds is 10. The molecule has 1 aliphatic heterocycles. The molecule has 1 fully saturated rings. The number of amides is 1. The van der Waals surface area contributed by atoms with Crippen molar-refractivity contribution in [3.05, 3.63) is 22.3 Å². The van der Waals surface area contributed by atoms with Gasteiger partial charge in [0, 0.05) is 40.7 Å². The quantitative estimate of drug-likeness (QED) is 0.421. The van der Waals surface area contributed by atoms with E-state index < -0.39 is 0 Å². The summed E-state index contributed by atoms with van der Waals surface area (Å²) in [6, 6.07) is -0.104. The first-order chi connectivity index (χ1) is 14.1. The van der Waals surface area contributed by atoms with Crippen LogP contribution in [0, 0.1) is 5.92 Å². The Kier molecular flexibility index (Phi) is 8.71. The fourth-order valence-electron chi connectivity index (χ4n) is 4.22. The van der Waals surface area contributed by atoms with Gasteiger partial charge in [-0.2, -0.15) is 0 Å². The molecule has 6 heteroatoms. The number of carbonyl (C=O) groups excluding carboxylic acids is 4. The minimum Gasteiger partial charge on any atom is -0.354 e. The summed E-state index contributed by atoms with van der Waals surface area (Å²) in [5, 5.41) is 6.15. The summed E-state index contributed by atoms with van der Waals surface area (Å²) in [5.41, 5.74) is 2.20. The van der Waals surface area contributed by atoms with Gasteiger partial charge in [-0.3, -0.25) is 19.2 Å². The predicted octanol–water partition coefficient (Wildman–Crippen LogP) is 3.20. The minimum absolute atomic E-state index is 0.0244. The molecule has 0 saturated carbocycles. The second kappa shape index (κ2) is 10.8. The Morgan fingerprint density at radius 2 is 1.70 bits per heavy atom. The fraction of sp³-hybridized carbons (Fsp3) is 0.667. The van der Waals surface area contributed by atoms with Crippen molar-refractivity contribution in [3.8, 4) is 0 Å². The van der Waals surface area contributed by atoms with Gasteiger partial charge in [-0.15, -0.1) is 0 Å². The van der Waals surface area contributed by atoms with Crippen molar-refractivity contribution in [2.45, 2.75) is 91.6 Å². The van der Waals surface area contributed by atoms with E-state index in [0.717, 1.165) is 25.8 Å². The van der Waals surface area contributed by atoms with Gasteiger partial charge in [0.2, 0.25) is 5.91 Å². The fourth-order valence-corrected chi connectivity index (χ4v) is 4.22. The highest BCUT2D eigenvalue weighted by atomic mass is 16.2. The highest BCUT2D eigenvalue weighted by Crippen LogP contribution is 2.28. The predicted molar refractivity (Wildman–Crippen MR) is 117 cm³/mol. The number of hydrogen-bond acceptors (Lipinski definition) is 5. The second-order valence-electron chi connectivity index (χ2n) is 8.94. The van der Waals surface area contributed by atoms with Gasteiger partial charge in [0.1, 0.15) is 0 Å².